The Morgan fingerprint density at radius 3 is 2.89 bits per heavy atom. The standard InChI is InChI=1S/C14H19ClN2O/c1-9-3-4-11(15)8-13(9)14(18)17-6-5-12(16)7-10(17)2/h3-4,8,10,12H,5-7,16H2,1-2H3. The number of carbonyl (C=O) groups excluding carboxylic acids is 1. The summed E-state index contributed by atoms with van der Waals surface area (Å²) < 4.78 is 0. The van der Waals surface area contributed by atoms with E-state index >= 15 is 0 Å². The Kier molecular flexibility index (Phi) is 3.93. The van der Waals surface area contributed by atoms with Crippen molar-refractivity contribution < 1.29 is 4.79 Å². The van der Waals surface area contributed by atoms with Crippen LogP contribution in [0.4, 0.5) is 0 Å². The summed E-state index contributed by atoms with van der Waals surface area (Å²) in [7, 11) is 0. The number of rotatable bonds is 1. The maximum absolute atomic E-state index is 12.5. The van der Waals surface area contributed by atoms with Crippen molar-refractivity contribution in [1.82, 2.24) is 4.90 Å². The van der Waals surface area contributed by atoms with E-state index in [9.17, 15) is 4.79 Å². The highest BCUT2D eigenvalue weighted by Crippen LogP contribution is 2.22. The van der Waals surface area contributed by atoms with Crippen LogP contribution in [0.5, 0.6) is 0 Å². The largest absolute Gasteiger partial charge is 0.336 e. The van der Waals surface area contributed by atoms with Gasteiger partial charge in [0.25, 0.3) is 5.91 Å². The van der Waals surface area contributed by atoms with Crippen molar-refractivity contribution in [3.8, 4) is 0 Å². The summed E-state index contributed by atoms with van der Waals surface area (Å²) in [5.41, 5.74) is 7.58. The molecule has 0 aromatic heterocycles. The molecule has 2 N–H and O–H groups in total. The lowest BCUT2D eigenvalue weighted by atomic mass is 9.97. The average Bonchev–Trinajstić information content (AvgIpc) is 2.31. The molecule has 2 rings (SSSR count). The molecule has 4 heteroatoms. The number of amides is 1. The van der Waals surface area contributed by atoms with Crippen LogP contribution in [0.1, 0.15) is 35.7 Å². The minimum absolute atomic E-state index is 0.0643. The van der Waals surface area contributed by atoms with Crippen LogP contribution in [0.3, 0.4) is 0 Å². The molecule has 1 aliphatic rings. The zero-order valence-corrected chi connectivity index (χ0v) is 11.6. The summed E-state index contributed by atoms with van der Waals surface area (Å²) in [4.78, 5) is 14.4. The molecule has 0 saturated carbocycles. The Bertz CT molecular complexity index is 461. The predicted octanol–water partition coefficient (Wildman–Crippen LogP) is 2.60. The summed E-state index contributed by atoms with van der Waals surface area (Å²) in [6.07, 6.45) is 1.74. The van der Waals surface area contributed by atoms with Gasteiger partial charge >= 0.3 is 0 Å². The quantitative estimate of drug-likeness (QED) is 0.849. The van der Waals surface area contributed by atoms with Crippen LogP contribution in [0.25, 0.3) is 0 Å². The molecule has 98 valence electrons. The molecule has 1 aromatic carbocycles. The molecular weight excluding hydrogens is 248 g/mol. The fourth-order valence-electron chi connectivity index (χ4n) is 2.49. The van der Waals surface area contributed by atoms with Crippen molar-refractivity contribution in [2.75, 3.05) is 6.54 Å². The van der Waals surface area contributed by atoms with Gasteiger partial charge in [0.2, 0.25) is 0 Å². The highest BCUT2D eigenvalue weighted by Gasteiger charge is 2.28. The lowest BCUT2D eigenvalue weighted by Crippen LogP contribution is -2.48. The average molecular weight is 267 g/mol. The lowest BCUT2D eigenvalue weighted by Gasteiger charge is -2.36. The second-order valence-corrected chi connectivity index (χ2v) is 5.53. The molecule has 1 aliphatic heterocycles. The summed E-state index contributed by atoms with van der Waals surface area (Å²) in [5.74, 6) is 0.0643. The van der Waals surface area contributed by atoms with Crippen LogP contribution in [-0.2, 0) is 0 Å². The first-order chi connectivity index (χ1) is 8.49. The van der Waals surface area contributed by atoms with Gasteiger partial charge in [-0.2, -0.15) is 0 Å². The van der Waals surface area contributed by atoms with Gasteiger partial charge in [0.05, 0.1) is 0 Å². The van der Waals surface area contributed by atoms with E-state index in [-0.39, 0.29) is 18.0 Å². The number of nitrogens with two attached hydrogens (primary N) is 1. The molecule has 0 bridgehead atoms. The Hall–Kier alpha value is -1.06. The number of likely N-dealkylation sites (tertiary alicyclic amines) is 1. The second kappa shape index (κ2) is 5.29. The Balaban J connectivity index is 2.23. The maximum Gasteiger partial charge on any atom is 0.254 e. The van der Waals surface area contributed by atoms with E-state index in [0.29, 0.717) is 10.6 Å². The lowest BCUT2D eigenvalue weighted by molar-refractivity contribution is 0.0618. The van der Waals surface area contributed by atoms with Crippen molar-refractivity contribution in [1.29, 1.82) is 0 Å². The third-order valence-electron chi connectivity index (χ3n) is 3.61. The minimum atomic E-state index is 0.0643. The second-order valence-electron chi connectivity index (χ2n) is 5.09. The van der Waals surface area contributed by atoms with Gasteiger partial charge in [-0.25, -0.2) is 0 Å². The normalized spacial score (nSPS) is 24.1. The first kappa shape index (κ1) is 13.4. The molecular formula is C14H19ClN2O. The van der Waals surface area contributed by atoms with Gasteiger partial charge in [-0.3, -0.25) is 4.79 Å². The highest BCUT2D eigenvalue weighted by atomic mass is 35.5. The van der Waals surface area contributed by atoms with E-state index in [1.54, 1.807) is 6.07 Å². The van der Waals surface area contributed by atoms with Crippen molar-refractivity contribution in [2.24, 2.45) is 5.73 Å². The van der Waals surface area contributed by atoms with Gasteiger partial charge in [0.1, 0.15) is 0 Å². The summed E-state index contributed by atoms with van der Waals surface area (Å²) in [6, 6.07) is 5.85. The van der Waals surface area contributed by atoms with E-state index in [4.69, 9.17) is 17.3 Å². The molecule has 1 heterocycles. The third-order valence-corrected chi connectivity index (χ3v) is 3.84. The highest BCUT2D eigenvalue weighted by molar-refractivity contribution is 6.31. The molecule has 1 fully saturated rings. The summed E-state index contributed by atoms with van der Waals surface area (Å²) in [6.45, 7) is 4.72. The first-order valence-electron chi connectivity index (χ1n) is 6.31. The fraction of sp³-hybridized carbons (Fsp3) is 0.500. The van der Waals surface area contributed by atoms with Crippen LogP contribution in [-0.4, -0.2) is 29.4 Å². The van der Waals surface area contributed by atoms with Crippen LogP contribution < -0.4 is 5.73 Å². The molecule has 0 aliphatic carbocycles. The number of nitrogens with zero attached hydrogens (tertiary/aromatic N) is 1. The number of carbonyl (C=O) groups is 1. The zero-order chi connectivity index (χ0) is 13.3. The SMILES string of the molecule is Cc1ccc(Cl)cc1C(=O)N1CCC(N)CC1C. The Morgan fingerprint density at radius 2 is 2.22 bits per heavy atom. The maximum atomic E-state index is 12.5. The van der Waals surface area contributed by atoms with Gasteiger partial charge in [-0.1, -0.05) is 17.7 Å². The molecule has 1 aromatic rings. The smallest absolute Gasteiger partial charge is 0.254 e. The molecule has 3 nitrogen and oxygen atoms in total. The molecule has 2 atom stereocenters. The van der Waals surface area contributed by atoms with Crippen LogP contribution >= 0.6 is 11.6 Å². The molecule has 18 heavy (non-hydrogen) atoms. The number of halogens is 1. The molecule has 0 radical (unpaired) electrons. The molecule has 1 amide bonds. The van der Waals surface area contributed by atoms with E-state index in [0.717, 1.165) is 24.9 Å². The van der Waals surface area contributed by atoms with Gasteiger partial charge in [-0.15, -0.1) is 0 Å². The zero-order valence-electron chi connectivity index (χ0n) is 10.8. The van der Waals surface area contributed by atoms with Crippen LogP contribution in [0, 0.1) is 6.92 Å². The van der Waals surface area contributed by atoms with E-state index in [1.165, 1.54) is 0 Å². The number of piperidine rings is 1. The third kappa shape index (κ3) is 2.68. The van der Waals surface area contributed by atoms with Crippen molar-refractivity contribution in [2.45, 2.75) is 38.8 Å². The molecule has 2 unspecified atom stereocenters. The van der Waals surface area contributed by atoms with E-state index in [2.05, 4.69) is 6.92 Å². The van der Waals surface area contributed by atoms with Crippen molar-refractivity contribution >= 4 is 17.5 Å². The molecule has 0 spiro atoms. The number of benzene rings is 1. The van der Waals surface area contributed by atoms with Crippen LogP contribution in [0.2, 0.25) is 5.02 Å². The number of hydrogen-bond donors (Lipinski definition) is 1. The monoisotopic (exact) mass is 266 g/mol. The van der Waals surface area contributed by atoms with Gasteiger partial charge in [0, 0.05) is 29.2 Å². The minimum Gasteiger partial charge on any atom is -0.336 e. The van der Waals surface area contributed by atoms with Crippen molar-refractivity contribution in [3.63, 3.8) is 0 Å². The van der Waals surface area contributed by atoms with Gasteiger partial charge in [-0.05, 0) is 44.4 Å². The first-order valence-corrected chi connectivity index (χ1v) is 6.69. The molecule has 1 saturated heterocycles. The Morgan fingerprint density at radius 1 is 1.50 bits per heavy atom. The van der Waals surface area contributed by atoms with E-state index < -0.39 is 0 Å². The number of aryl methyl sites for hydroxylation is 1. The summed E-state index contributed by atoms with van der Waals surface area (Å²) >= 11 is 5.97. The van der Waals surface area contributed by atoms with Gasteiger partial charge < -0.3 is 10.6 Å². The fourth-order valence-corrected chi connectivity index (χ4v) is 2.66. The Labute approximate surface area is 113 Å². The van der Waals surface area contributed by atoms with Crippen molar-refractivity contribution in [3.05, 3.63) is 34.3 Å². The predicted molar refractivity (Wildman–Crippen MR) is 73.9 cm³/mol. The topological polar surface area (TPSA) is 46.3 Å². The van der Waals surface area contributed by atoms with E-state index in [1.807, 2.05) is 24.0 Å². The number of hydrogen-bond acceptors (Lipinski definition) is 2. The summed E-state index contributed by atoms with van der Waals surface area (Å²) in [5, 5.41) is 0.602. The van der Waals surface area contributed by atoms with Crippen LogP contribution in [0.15, 0.2) is 18.2 Å². The van der Waals surface area contributed by atoms with Gasteiger partial charge in [0.15, 0.2) is 0 Å².